The van der Waals surface area contributed by atoms with Gasteiger partial charge in [0.1, 0.15) is 11.4 Å². The molecule has 0 saturated heterocycles. The largest absolute Gasteiger partial charge is 0.494 e. The van der Waals surface area contributed by atoms with E-state index < -0.39 is 16.4 Å². The molecule has 1 N–H and O–H groups in total. The van der Waals surface area contributed by atoms with Crippen LogP contribution in [0.3, 0.4) is 0 Å². The molecular weight excluding hydrogens is 405 g/mol. The Morgan fingerprint density at radius 3 is 2.61 bits per heavy atom. The second kappa shape index (κ2) is 7.90. The molecule has 0 radical (unpaired) electrons. The number of methoxy groups -OCH3 is 2. The highest BCUT2D eigenvalue weighted by Gasteiger charge is 2.21. The number of para-hydroxylation sites is 1. The van der Waals surface area contributed by atoms with Crippen molar-refractivity contribution in [3.8, 4) is 22.8 Å². The van der Waals surface area contributed by atoms with Crippen molar-refractivity contribution in [2.24, 2.45) is 7.05 Å². The van der Waals surface area contributed by atoms with E-state index in [0.717, 1.165) is 28.6 Å². The second-order valence-corrected chi connectivity index (χ2v) is 6.67. The van der Waals surface area contributed by atoms with Crippen LogP contribution in [0.5, 0.6) is 11.5 Å². The number of hydrogen-bond acceptors (Lipinski definition) is 7. The molecule has 0 bridgehead atoms. The average molecular weight is 423 g/mol. The zero-order valence-electron chi connectivity index (χ0n) is 16.9. The summed E-state index contributed by atoms with van der Waals surface area (Å²) in [5.74, 6) is -0.324. The summed E-state index contributed by atoms with van der Waals surface area (Å²) in [5, 5.41) is 15.0. The van der Waals surface area contributed by atoms with Crippen molar-refractivity contribution in [3.05, 3.63) is 64.7 Å². The Hall–Kier alpha value is -4.21. The van der Waals surface area contributed by atoms with E-state index in [-0.39, 0.29) is 17.4 Å². The van der Waals surface area contributed by atoms with Gasteiger partial charge < -0.3 is 19.4 Å². The maximum Gasteiger partial charge on any atom is 0.307 e. The number of rotatable bonds is 6. The predicted octanol–water partition coefficient (Wildman–Crippen LogP) is 4.44. The smallest absolute Gasteiger partial charge is 0.307 e. The average Bonchev–Trinajstić information content (AvgIpc) is 3.11. The van der Waals surface area contributed by atoms with Crippen LogP contribution in [0.1, 0.15) is 0 Å². The van der Waals surface area contributed by atoms with E-state index in [1.165, 1.54) is 20.4 Å². The Balaban J connectivity index is 1.82. The van der Waals surface area contributed by atoms with Gasteiger partial charge in [0.05, 0.1) is 31.0 Å². The van der Waals surface area contributed by atoms with Gasteiger partial charge in [0.2, 0.25) is 11.8 Å². The van der Waals surface area contributed by atoms with Gasteiger partial charge in [-0.15, -0.1) is 0 Å². The first-order valence-electron chi connectivity index (χ1n) is 9.17. The second-order valence-electron chi connectivity index (χ2n) is 6.67. The van der Waals surface area contributed by atoms with Crippen LogP contribution in [-0.2, 0) is 7.05 Å². The molecule has 0 unspecified atom stereocenters. The van der Waals surface area contributed by atoms with Crippen molar-refractivity contribution < 1.29 is 18.8 Å². The van der Waals surface area contributed by atoms with Gasteiger partial charge in [0, 0.05) is 41.8 Å². The monoisotopic (exact) mass is 423 g/mol. The molecular formula is C21H18FN5O4. The maximum absolute atomic E-state index is 13.9. The van der Waals surface area contributed by atoms with Crippen LogP contribution in [0.2, 0.25) is 0 Å². The summed E-state index contributed by atoms with van der Waals surface area (Å²) in [4.78, 5) is 19.1. The third kappa shape index (κ3) is 3.59. The normalized spacial score (nSPS) is 10.8. The highest BCUT2D eigenvalue weighted by Crippen LogP contribution is 2.37. The van der Waals surface area contributed by atoms with Gasteiger partial charge in [-0.25, -0.2) is 9.97 Å². The van der Waals surface area contributed by atoms with Crippen LogP contribution in [0.15, 0.2) is 48.8 Å². The number of aromatic nitrogens is 3. The molecule has 31 heavy (non-hydrogen) atoms. The molecule has 0 aliphatic carbocycles. The number of benzene rings is 2. The molecule has 0 spiro atoms. The quantitative estimate of drug-likeness (QED) is 0.361. The molecule has 0 atom stereocenters. The molecule has 2 heterocycles. The number of halogens is 1. The Morgan fingerprint density at radius 2 is 1.90 bits per heavy atom. The van der Waals surface area contributed by atoms with Crippen LogP contribution >= 0.6 is 0 Å². The molecule has 0 amide bonds. The summed E-state index contributed by atoms with van der Waals surface area (Å²) >= 11 is 0. The van der Waals surface area contributed by atoms with Crippen molar-refractivity contribution >= 4 is 28.2 Å². The summed E-state index contributed by atoms with van der Waals surface area (Å²) in [5.41, 5.74) is 1.85. The van der Waals surface area contributed by atoms with Crippen LogP contribution < -0.4 is 14.8 Å². The maximum atomic E-state index is 13.9. The zero-order chi connectivity index (χ0) is 22.1. The summed E-state index contributed by atoms with van der Waals surface area (Å²) in [6.45, 7) is 0. The standard InChI is InChI=1S/C21H18FN5O4/c1-26-11-13(12-6-4-5-7-16(12)26)20-19(31-3)10-23-21(25-20)24-15-9-17(27(28)29)14(22)8-18(15)30-2/h4-11H,1-3H3,(H,23,24,25). The van der Waals surface area contributed by atoms with Crippen molar-refractivity contribution in [3.63, 3.8) is 0 Å². The van der Waals surface area contributed by atoms with E-state index in [1.54, 1.807) is 0 Å². The van der Waals surface area contributed by atoms with Gasteiger partial charge in [-0.05, 0) is 6.07 Å². The van der Waals surface area contributed by atoms with Gasteiger partial charge in [0.15, 0.2) is 5.75 Å². The molecule has 4 rings (SSSR count). The Morgan fingerprint density at radius 1 is 1.16 bits per heavy atom. The third-order valence-corrected chi connectivity index (χ3v) is 4.84. The Bertz CT molecular complexity index is 1300. The van der Waals surface area contributed by atoms with E-state index in [0.29, 0.717) is 11.4 Å². The highest BCUT2D eigenvalue weighted by molar-refractivity contribution is 5.96. The number of anilines is 2. The molecule has 4 aromatic rings. The van der Waals surface area contributed by atoms with Crippen LogP contribution in [-0.4, -0.2) is 33.7 Å². The number of nitro groups is 1. The van der Waals surface area contributed by atoms with E-state index in [4.69, 9.17) is 9.47 Å². The molecule has 9 nitrogen and oxygen atoms in total. The van der Waals surface area contributed by atoms with Gasteiger partial charge in [-0.1, -0.05) is 18.2 Å². The molecule has 0 aliphatic rings. The number of ether oxygens (including phenoxy) is 2. The molecule has 10 heteroatoms. The summed E-state index contributed by atoms with van der Waals surface area (Å²) < 4.78 is 26.5. The van der Waals surface area contributed by atoms with Crippen molar-refractivity contribution in [2.45, 2.75) is 0 Å². The first-order valence-corrected chi connectivity index (χ1v) is 9.17. The lowest BCUT2D eigenvalue weighted by atomic mass is 10.1. The number of hydrogen-bond donors (Lipinski definition) is 1. The van der Waals surface area contributed by atoms with Gasteiger partial charge in [-0.3, -0.25) is 10.1 Å². The molecule has 0 aliphatic heterocycles. The van der Waals surface area contributed by atoms with E-state index >= 15 is 0 Å². The van der Waals surface area contributed by atoms with E-state index in [1.807, 2.05) is 42.1 Å². The highest BCUT2D eigenvalue weighted by atomic mass is 19.1. The fraction of sp³-hybridized carbons (Fsp3) is 0.143. The minimum Gasteiger partial charge on any atom is -0.494 e. The minimum atomic E-state index is -1.00. The summed E-state index contributed by atoms with van der Waals surface area (Å²) in [6.07, 6.45) is 3.43. The lowest BCUT2D eigenvalue weighted by Gasteiger charge is -2.12. The van der Waals surface area contributed by atoms with Gasteiger partial charge >= 0.3 is 5.69 Å². The number of nitrogens with one attached hydrogen (secondary N) is 1. The molecule has 158 valence electrons. The lowest BCUT2D eigenvalue weighted by Crippen LogP contribution is -2.03. The van der Waals surface area contributed by atoms with Crippen molar-refractivity contribution in [2.75, 3.05) is 19.5 Å². The number of aryl methyl sites for hydroxylation is 1. The van der Waals surface area contributed by atoms with E-state index in [9.17, 15) is 14.5 Å². The predicted molar refractivity (Wildman–Crippen MR) is 113 cm³/mol. The third-order valence-electron chi connectivity index (χ3n) is 4.84. The molecule has 2 aromatic heterocycles. The van der Waals surface area contributed by atoms with Crippen LogP contribution in [0, 0.1) is 15.9 Å². The fourth-order valence-electron chi connectivity index (χ4n) is 3.37. The van der Waals surface area contributed by atoms with Gasteiger partial charge in [0.25, 0.3) is 0 Å². The topological polar surface area (TPSA) is 104 Å². The summed E-state index contributed by atoms with van der Waals surface area (Å²) in [7, 11) is 4.79. The number of nitrogens with zero attached hydrogens (tertiary/aromatic N) is 4. The van der Waals surface area contributed by atoms with Crippen molar-refractivity contribution in [1.82, 2.24) is 14.5 Å². The fourth-order valence-corrected chi connectivity index (χ4v) is 3.37. The van der Waals surface area contributed by atoms with Crippen LogP contribution in [0.25, 0.3) is 22.2 Å². The van der Waals surface area contributed by atoms with Crippen molar-refractivity contribution in [1.29, 1.82) is 0 Å². The number of nitro benzene ring substituents is 1. The Kier molecular flexibility index (Phi) is 5.12. The molecule has 2 aromatic carbocycles. The number of fused-ring (bicyclic) bond motifs is 1. The molecule has 0 saturated carbocycles. The first kappa shape index (κ1) is 20.1. The summed E-state index contributed by atoms with van der Waals surface area (Å²) in [6, 6.07) is 9.83. The van der Waals surface area contributed by atoms with Crippen LogP contribution in [0.4, 0.5) is 21.7 Å². The Labute approximate surface area is 176 Å². The molecule has 0 fully saturated rings. The van der Waals surface area contributed by atoms with Gasteiger partial charge in [-0.2, -0.15) is 4.39 Å². The lowest BCUT2D eigenvalue weighted by molar-refractivity contribution is -0.387. The van der Waals surface area contributed by atoms with E-state index in [2.05, 4.69) is 15.3 Å². The SMILES string of the molecule is COc1cc(F)c([N+](=O)[O-])cc1Nc1ncc(OC)c(-c2cn(C)c3ccccc23)n1. The first-order chi connectivity index (χ1) is 14.9. The zero-order valence-corrected chi connectivity index (χ0v) is 16.9. The minimum absolute atomic E-state index is 0.0780.